The Bertz CT molecular complexity index is 733. The van der Waals surface area contributed by atoms with Gasteiger partial charge in [0, 0.05) is 10.9 Å². The van der Waals surface area contributed by atoms with Crippen LogP contribution in [0.15, 0.2) is 53.0 Å². The molecule has 2 aromatic rings. The summed E-state index contributed by atoms with van der Waals surface area (Å²) in [6.45, 7) is 1.77. The quantitative estimate of drug-likeness (QED) is 0.706. The smallest absolute Gasteiger partial charge is 0.326 e. The summed E-state index contributed by atoms with van der Waals surface area (Å²) in [5, 5.41) is 11.8. The molecule has 0 bridgehead atoms. The number of rotatable bonds is 8. The van der Waals surface area contributed by atoms with Gasteiger partial charge in [0.1, 0.15) is 11.8 Å². The number of aryl methyl sites for hydroxylation is 1. The molecule has 0 spiro atoms. The molecule has 1 atom stereocenters. The highest BCUT2D eigenvalue weighted by Gasteiger charge is 2.20. The maximum atomic E-state index is 12.1. The number of ether oxygens (including phenoxy) is 1. The Labute approximate surface area is 155 Å². The zero-order valence-corrected chi connectivity index (χ0v) is 15.5. The molecule has 2 aromatic carbocycles. The summed E-state index contributed by atoms with van der Waals surface area (Å²) in [7, 11) is 0. The minimum atomic E-state index is -1.07. The van der Waals surface area contributed by atoms with Gasteiger partial charge in [0.05, 0.1) is 0 Å². The summed E-state index contributed by atoms with van der Waals surface area (Å²) in [5.41, 5.74) is 1.82. The van der Waals surface area contributed by atoms with Crippen LogP contribution in [0.4, 0.5) is 0 Å². The fourth-order valence-electron chi connectivity index (χ4n) is 2.39. The number of carboxylic acid groups (broad SMARTS) is 1. The Hall–Kier alpha value is -2.34. The summed E-state index contributed by atoms with van der Waals surface area (Å²) in [4.78, 5) is 23.5. The number of nitrogens with one attached hydrogen (secondary N) is 1. The van der Waals surface area contributed by atoms with Gasteiger partial charge in [-0.1, -0.05) is 53.2 Å². The van der Waals surface area contributed by atoms with Crippen molar-refractivity contribution in [1.29, 1.82) is 0 Å². The number of amides is 1. The summed E-state index contributed by atoms with van der Waals surface area (Å²) < 4.78 is 6.49. The van der Waals surface area contributed by atoms with Crippen LogP contribution in [0.3, 0.4) is 0 Å². The number of carbonyl (C=O) groups is 2. The predicted molar refractivity (Wildman–Crippen MR) is 98.7 cm³/mol. The number of hydrogen-bond donors (Lipinski definition) is 2. The van der Waals surface area contributed by atoms with Gasteiger partial charge < -0.3 is 15.2 Å². The molecule has 0 aliphatic carbocycles. The molecule has 1 unspecified atom stereocenters. The third-order valence-electron chi connectivity index (χ3n) is 3.68. The Morgan fingerprint density at radius 3 is 2.56 bits per heavy atom. The van der Waals surface area contributed by atoms with Crippen LogP contribution in [0.5, 0.6) is 5.75 Å². The lowest BCUT2D eigenvalue weighted by Gasteiger charge is -2.16. The molecule has 5 nitrogen and oxygen atoms in total. The van der Waals surface area contributed by atoms with Gasteiger partial charge >= 0.3 is 5.97 Å². The zero-order chi connectivity index (χ0) is 18.2. The fourth-order valence-corrected chi connectivity index (χ4v) is 2.80. The van der Waals surface area contributed by atoms with Gasteiger partial charge in [-0.3, -0.25) is 4.79 Å². The van der Waals surface area contributed by atoms with Gasteiger partial charge in [-0.2, -0.15) is 0 Å². The van der Waals surface area contributed by atoms with Gasteiger partial charge in [-0.25, -0.2) is 4.79 Å². The Balaban J connectivity index is 1.94. The van der Waals surface area contributed by atoms with Crippen molar-refractivity contribution in [3.8, 4) is 5.75 Å². The summed E-state index contributed by atoms with van der Waals surface area (Å²) in [5.74, 6) is -0.917. The molecule has 0 saturated carbocycles. The van der Waals surface area contributed by atoms with E-state index < -0.39 is 17.9 Å². The molecule has 2 N–H and O–H groups in total. The molecule has 0 heterocycles. The monoisotopic (exact) mass is 405 g/mol. The van der Waals surface area contributed by atoms with E-state index in [1.54, 1.807) is 6.07 Å². The topological polar surface area (TPSA) is 75.6 Å². The molecular formula is C19H20BrNO4. The first-order valence-corrected chi connectivity index (χ1v) is 8.76. The van der Waals surface area contributed by atoms with Gasteiger partial charge in [-0.05, 0) is 35.7 Å². The minimum Gasteiger partial charge on any atom is -0.483 e. The van der Waals surface area contributed by atoms with Crippen LogP contribution in [0.1, 0.15) is 18.1 Å². The minimum absolute atomic E-state index is 0.223. The Morgan fingerprint density at radius 2 is 1.92 bits per heavy atom. The third-order valence-corrected chi connectivity index (χ3v) is 4.17. The molecule has 0 radical (unpaired) electrons. The van der Waals surface area contributed by atoms with Gasteiger partial charge in [0.2, 0.25) is 0 Å². The van der Waals surface area contributed by atoms with Gasteiger partial charge in [0.15, 0.2) is 6.61 Å². The number of hydrogen-bond acceptors (Lipinski definition) is 3. The van der Waals surface area contributed by atoms with Crippen molar-refractivity contribution in [2.45, 2.75) is 25.8 Å². The Kier molecular flexibility index (Phi) is 7.01. The molecule has 0 aliphatic heterocycles. The van der Waals surface area contributed by atoms with Gasteiger partial charge in [0.25, 0.3) is 5.91 Å². The molecule has 0 aliphatic rings. The second-order valence-corrected chi connectivity index (χ2v) is 6.46. The third kappa shape index (κ3) is 5.90. The molecule has 6 heteroatoms. The highest BCUT2D eigenvalue weighted by Crippen LogP contribution is 2.23. The van der Waals surface area contributed by atoms with Crippen LogP contribution in [-0.4, -0.2) is 29.6 Å². The molecule has 0 aromatic heterocycles. The standard InChI is InChI=1S/C19H20BrNO4/c1-2-14-11-15(20)8-9-17(14)25-12-18(22)21-16(19(23)24)10-13-6-4-3-5-7-13/h3-9,11,16H,2,10,12H2,1H3,(H,21,22)(H,23,24). The van der Waals surface area contributed by atoms with E-state index in [1.807, 2.05) is 49.4 Å². The number of halogens is 1. The first-order chi connectivity index (χ1) is 12.0. The number of benzene rings is 2. The van der Waals surface area contributed by atoms with Crippen LogP contribution in [0, 0.1) is 0 Å². The SMILES string of the molecule is CCc1cc(Br)ccc1OCC(=O)NC(Cc1ccccc1)C(=O)O. The first kappa shape index (κ1) is 19.0. The predicted octanol–water partition coefficient (Wildman–Crippen LogP) is 3.20. The van der Waals surface area contributed by atoms with Crippen LogP contribution >= 0.6 is 15.9 Å². The number of carbonyl (C=O) groups excluding carboxylic acids is 1. The van der Waals surface area contributed by atoms with Crippen molar-refractivity contribution in [3.63, 3.8) is 0 Å². The second kappa shape index (κ2) is 9.22. The largest absolute Gasteiger partial charge is 0.483 e. The zero-order valence-electron chi connectivity index (χ0n) is 13.9. The maximum absolute atomic E-state index is 12.1. The van der Waals surface area contributed by atoms with E-state index in [-0.39, 0.29) is 13.0 Å². The molecule has 2 rings (SSSR count). The normalized spacial score (nSPS) is 11.6. The van der Waals surface area contributed by atoms with Crippen LogP contribution in [0.25, 0.3) is 0 Å². The van der Waals surface area contributed by atoms with Crippen molar-refractivity contribution < 1.29 is 19.4 Å². The van der Waals surface area contributed by atoms with E-state index in [2.05, 4.69) is 21.2 Å². The molecule has 1 amide bonds. The Morgan fingerprint density at radius 1 is 1.20 bits per heavy atom. The maximum Gasteiger partial charge on any atom is 0.326 e. The van der Waals surface area contributed by atoms with E-state index in [9.17, 15) is 14.7 Å². The second-order valence-electron chi connectivity index (χ2n) is 5.54. The highest BCUT2D eigenvalue weighted by molar-refractivity contribution is 9.10. The van der Waals surface area contributed by atoms with E-state index >= 15 is 0 Å². The van der Waals surface area contributed by atoms with Gasteiger partial charge in [-0.15, -0.1) is 0 Å². The number of carboxylic acids is 1. The molecule has 25 heavy (non-hydrogen) atoms. The summed E-state index contributed by atoms with van der Waals surface area (Å²) in [6.07, 6.45) is 0.989. The van der Waals surface area contributed by atoms with Crippen molar-refractivity contribution in [2.75, 3.05) is 6.61 Å². The van der Waals surface area contributed by atoms with E-state index in [0.29, 0.717) is 5.75 Å². The van der Waals surface area contributed by atoms with Crippen molar-refractivity contribution >= 4 is 27.8 Å². The van der Waals surface area contributed by atoms with E-state index in [1.165, 1.54) is 0 Å². The lowest BCUT2D eigenvalue weighted by Crippen LogP contribution is -2.44. The average Bonchev–Trinajstić information content (AvgIpc) is 2.60. The lowest BCUT2D eigenvalue weighted by atomic mass is 10.1. The van der Waals surface area contributed by atoms with Crippen molar-refractivity contribution in [3.05, 3.63) is 64.1 Å². The van der Waals surface area contributed by atoms with Crippen LogP contribution in [0.2, 0.25) is 0 Å². The van der Waals surface area contributed by atoms with Crippen molar-refractivity contribution in [1.82, 2.24) is 5.32 Å². The number of aliphatic carboxylic acids is 1. The van der Waals surface area contributed by atoms with E-state index in [0.717, 1.165) is 22.0 Å². The highest BCUT2D eigenvalue weighted by atomic mass is 79.9. The average molecular weight is 406 g/mol. The molecule has 0 saturated heterocycles. The molecule has 0 fully saturated rings. The van der Waals surface area contributed by atoms with Crippen molar-refractivity contribution in [2.24, 2.45) is 0 Å². The lowest BCUT2D eigenvalue weighted by molar-refractivity contribution is -0.142. The first-order valence-electron chi connectivity index (χ1n) is 7.97. The fraction of sp³-hybridized carbons (Fsp3) is 0.263. The van der Waals surface area contributed by atoms with Crippen LogP contribution in [-0.2, 0) is 22.4 Å². The summed E-state index contributed by atoms with van der Waals surface area (Å²) in [6, 6.07) is 13.7. The summed E-state index contributed by atoms with van der Waals surface area (Å²) >= 11 is 3.40. The van der Waals surface area contributed by atoms with E-state index in [4.69, 9.17) is 4.74 Å². The van der Waals surface area contributed by atoms with Crippen LogP contribution < -0.4 is 10.1 Å². The molecule has 132 valence electrons. The molecular weight excluding hydrogens is 386 g/mol.